The Kier molecular flexibility index (Phi) is 3.39. The van der Waals surface area contributed by atoms with Gasteiger partial charge in [-0.05, 0) is 43.1 Å². The number of aromatic nitrogens is 3. The van der Waals surface area contributed by atoms with Gasteiger partial charge in [-0.2, -0.15) is 0 Å². The number of hydrogen-bond donors (Lipinski definition) is 1. The van der Waals surface area contributed by atoms with Crippen molar-refractivity contribution in [2.75, 3.05) is 6.54 Å². The van der Waals surface area contributed by atoms with Gasteiger partial charge in [0.2, 0.25) is 0 Å². The number of aryl methyl sites for hydroxylation is 1. The number of pyridine rings is 1. The normalized spacial score (nSPS) is 10.9. The highest BCUT2D eigenvalue weighted by atomic mass is 14.9. The largest absolute Gasteiger partial charge is 0.330 e. The first-order chi connectivity index (χ1) is 9.78. The van der Waals surface area contributed by atoms with E-state index in [1.165, 1.54) is 5.56 Å². The maximum Gasteiger partial charge on any atom is 0.178 e. The predicted octanol–water partition coefficient (Wildman–Crippen LogP) is 2.50. The van der Waals surface area contributed by atoms with E-state index >= 15 is 0 Å². The Balaban J connectivity index is 2.05. The minimum Gasteiger partial charge on any atom is -0.330 e. The van der Waals surface area contributed by atoms with Crippen LogP contribution in [-0.2, 0) is 6.42 Å². The summed E-state index contributed by atoms with van der Waals surface area (Å²) in [6, 6.07) is 10.1. The average Bonchev–Trinajstić information content (AvgIpc) is 2.48. The summed E-state index contributed by atoms with van der Waals surface area (Å²) in [6.45, 7) is 2.69. The summed E-state index contributed by atoms with van der Waals surface area (Å²) in [5.74, 6) is 0.652. The standard InChI is InChI=1S/C16H16N4/c1-11-8-15(20-14-5-3-2-4-13(11)14)16-18-9-12(6-7-17)10-19-16/h2-5,8-10H,6-7,17H2,1H3. The Morgan fingerprint density at radius 3 is 2.60 bits per heavy atom. The molecule has 0 saturated carbocycles. The number of nitrogens with two attached hydrogens (primary N) is 1. The molecule has 20 heavy (non-hydrogen) atoms. The van der Waals surface area contributed by atoms with Gasteiger partial charge in [-0.1, -0.05) is 18.2 Å². The maximum atomic E-state index is 5.52. The lowest BCUT2D eigenvalue weighted by atomic mass is 10.1. The Labute approximate surface area is 117 Å². The van der Waals surface area contributed by atoms with E-state index in [-0.39, 0.29) is 0 Å². The van der Waals surface area contributed by atoms with Gasteiger partial charge in [-0.15, -0.1) is 0 Å². The molecule has 0 spiro atoms. The van der Waals surface area contributed by atoms with E-state index in [4.69, 9.17) is 5.73 Å². The highest BCUT2D eigenvalue weighted by Crippen LogP contribution is 2.21. The number of benzene rings is 1. The zero-order chi connectivity index (χ0) is 13.9. The molecule has 0 bridgehead atoms. The molecule has 4 heteroatoms. The average molecular weight is 264 g/mol. The van der Waals surface area contributed by atoms with Gasteiger partial charge in [0.15, 0.2) is 5.82 Å². The third-order valence-corrected chi connectivity index (χ3v) is 3.29. The van der Waals surface area contributed by atoms with Crippen LogP contribution in [0.5, 0.6) is 0 Å². The molecule has 2 heterocycles. The summed E-state index contributed by atoms with van der Waals surface area (Å²) in [6.07, 6.45) is 4.44. The lowest BCUT2D eigenvalue weighted by Crippen LogP contribution is -2.04. The van der Waals surface area contributed by atoms with Crippen molar-refractivity contribution in [3.8, 4) is 11.5 Å². The van der Waals surface area contributed by atoms with Crippen LogP contribution in [0.4, 0.5) is 0 Å². The van der Waals surface area contributed by atoms with E-state index in [1.54, 1.807) is 0 Å². The van der Waals surface area contributed by atoms with Crippen molar-refractivity contribution in [1.82, 2.24) is 15.0 Å². The molecule has 4 nitrogen and oxygen atoms in total. The molecule has 1 aromatic carbocycles. The van der Waals surface area contributed by atoms with Gasteiger partial charge in [0.1, 0.15) is 5.69 Å². The summed E-state index contributed by atoms with van der Waals surface area (Å²) >= 11 is 0. The molecule has 2 aromatic heterocycles. The first kappa shape index (κ1) is 12.7. The van der Waals surface area contributed by atoms with Crippen molar-refractivity contribution >= 4 is 10.9 Å². The van der Waals surface area contributed by atoms with Crippen LogP contribution >= 0.6 is 0 Å². The number of nitrogens with zero attached hydrogens (tertiary/aromatic N) is 3. The second-order valence-electron chi connectivity index (χ2n) is 4.80. The molecule has 3 aromatic rings. The smallest absolute Gasteiger partial charge is 0.178 e. The van der Waals surface area contributed by atoms with Crippen LogP contribution in [0.3, 0.4) is 0 Å². The number of fused-ring (bicyclic) bond motifs is 1. The first-order valence-corrected chi connectivity index (χ1v) is 6.65. The lowest BCUT2D eigenvalue weighted by Gasteiger charge is -2.06. The molecule has 0 radical (unpaired) electrons. The second kappa shape index (κ2) is 5.35. The lowest BCUT2D eigenvalue weighted by molar-refractivity contribution is 0.942. The highest BCUT2D eigenvalue weighted by Gasteiger charge is 2.07. The second-order valence-corrected chi connectivity index (χ2v) is 4.80. The van der Waals surface area contributed by atoms with E-state index < -0.39 is 0 Å². The fraction of sp³-hybridized carbons (Fsp3) is 0.188. The van der Waals surface area contributed by atoms with Crippen molar-refractivity contribution in [2.45, 2.75) is 13.3 Å². The van der Waals surface area contributed by atoms with Crippen molar-refractivity contribution in [1.29, 1.82) is 0 Å². The van der Waals surface area contributed by atoms with Crippen LogP contribution in [0.25, 0.3) is 22.4 Å². The molecule has 0 saturated heterocycles. The molecule has 3 rings (SSSR count). The molecule has 0 unspecified atom stereocenters. The van der Waals surface area contributed by atoms with Crippen LogP contribution in [0.2, 0.25) is 0 Å². The predicted molar refractivity (Wildman–Crippen MR) is 80.3 cm³/mol. The van der Waals surface area contributed by atoms with Crippen molar-refractivity contribution in [3.63, 3.8) is 0 Å². The van der Waals surface area contributed by atoms with Gasteiger partial charge in [0.25, 0.3) is 0 Å². The molecule has 100 valence electrons. The Morgan fingerprint density at radius 1 is 1.10 bits per heavy atom. The van der Waals surface area contributed by atoms with Crippen molar-refractivity contribution in [2.24, 2.45) is 5.73 Å². The molecule has 0 atom stereocenters. The molecule has 0 fully saturated rings. The van der Waals surface area contributed by atoms with Crippen molar-refractivity contribution in [3.05, 3.63) is 53.9 Å². The van der Waals surface area contributed by atoms with Crippen LogP contribution in [0.15, 0.2) is 42.7 Å². The minimum absolute atomic E-state index is 0.607. The fourth-order valence-corrected chi connectivity index (χ4v) is 2.25. The first-order valence-electron chi connectivity index (χ1n) is 6.65. The molecule has 0 amide bonds. The molecular weight excluding hydrogens is 248 g/mol. The molecule has 0 aliphatic carbocycles. The maximum absolute atomic E-state index is 5.52. The van der Waals surface area contributed by atoms with E-state index in [0.29, 0.717) is 12.4 Å². The Hall–Kier alpha value is -2.33. The monoisotopic (exact) mass is 264 g/mol. The van der Waals surface area contributed by atoms with Crippen LogP contribution in [0, 0.1) is 6.92 Å². The summed E-state index contributed by atoms with van der Waals surface area (Å²) in [4.78, 5) is 13.4. The van der Waals surface area contributed by atoms with Crippen LogP contribution < -0.4 is 5.73 Å². The van der Waals surface area contributed by atoms with Crippen LogP contribution in [-0.4, -0.2) is 21.5 Å². The third kappa shape index (κ3) is 2.38. The summed E-state index contributed by atoms with van der Waals surface area (Å²) < 4.78 is 0. The van der Waals surface area contributed by atoms with Gasteiger partial charge >= 0.3 is 0 Å². The van der Waals surface area contributed by atoms with Gasteiger partial charge in [-0.3, -0.25) is 0 Å². The number of hydrogen-bond acceptors (Lipinski definition) is 4. The molecule has 0 aliphatic rings. The van der Waals surface area contributed by atoms with Crippen molar-refractivity contribution < 1.29 is 0 Å². The van der Waals surface area contributed by atoms with E-state index in [0.717, 1.165) is 28.6 Å². The zero-order valence-corrected chi connectivity index (χ0v) is 11.4. The zero-order valence-electron chi connectivity index (χ0n) is 11.4. The Morgan fingerprint density at radius 2 is 1.85 bits per heavy atom. The minimum atomic E-state index is 0.607. The summed E-state index contributed by atoms with van der Waals surface area (Å²) in [5, 5.41) is 1.16. The van der Waals surface area contributed by atoms with E-state index in [1.807, 2.05) is 36.7 Å². The molecule has 2 N–H and O–H groups in total. The topological polar surface area (TPSA) is 64.7 Å². The fourth-order valence-electron chi connectivity index (χ4n) is 2.25. The van der Waals surface area contributed by atoms with Gasteiger partial charge < -0.3 is 5.73 Å². The Bertz CT molecular complexity index is 735. The molecular formula is C16H16N4. The molecule has 0 aliphatic heterocycles. The van der Waals surface area contributed by atoms with Crippen LogP contribution in [0.1, 0.15) is 11.1 Å². The van der Waals surface area contributed by atoms with E-state index in [2.05, 4.69) is 27.9 Å². The van der Waals surface area contributed by atoms with Gasteiger partial charge in [-0.25, -0.2) is 15.0 Å². The summed E-state index contributed by atoms with van der Waals surface area (Å²) in [5.41, 5.74) is 9.53. The van der Waals surface area contributed by atoms with Gasteiger partial charge in [0, 0.05) is 17.8 Å². The van der Waals surface area contributed by atoms with Gasteiger partial charge in [0.05, 0.1) is 5.52 Å². The summed E-state index contributed by atoms with van der Waals surface area (Å²) in [7, 11) is 0. The number of rotatable bonds is 3. The number of para-hydroxylation sites is 1. The third-order valence-electron chi connectivity index (χ3n) is 3.29. The van der Waals surface area contributed by atoms with E-state index in [9.17, 15) is 0 Å². The highest BCUT2D eigenvalue weighted by molar-refractivity contribution is 5.84. The quantitative estimate of drug-likeness (QED) is 0.789. The SMILES string of the molecule is Cc1cc(-c2ncc(CCN)cn2)nc2ccccc12.